The Morgan fingerprint density at radius 2 is 1.90 bits per heavy atom. The maximum Gasteiger partial charge on any atom is 0.231 e. The van der Waals surface area contributed by atoms with Crippen molar-refractivity contribution in [3.8, 4) is 0 Å². The molecule has 1 amide bonds. The molecule has 0 fully saturated rings. The Kier molecular flexibility index (Phi) is 3.43. The molecule has 21 heavy (non-hydrogen) atoms. The van der Waals surface area contributed by atoms with Gasteiger partial charge in [0.15, 0.2) is 0 Å². The Balaban J connectivity index is 1.96. The van der Waals surface area contributed by atoms with Gasteiger partial charge in [0.1, 0.15) is 5.82 Å². The van der Waals surface area contributed by atoms with E-state index in [0.717, 1.165) is 16.8 Å². The maximum atomic E-state index is 13.5. The van der Waals surface area contributed by atoms with Crippen LogP contribution < -0.4 is 10.6 Å². The lowest BCUT2D eigenvalue weighted by molar-refractivity contribution is -0.117. The Bertz CT molecular complexity index is 732. The molecule has 0 spiro atoms. The van der Waals surface area contributed by atoms with Crippen LogP contribution in [-0.2, 0) is 11.2 Å². The minimum Gasteiger partial charge on any atom is -0.320 e. The van der Waals surface area contributed by atoms with Crippen LogP contribution in [0.25, 0.3) is 0 Å². The number of halogens is 2. The van der Waals surface area contributed by atoms with Crippen LogP contribution in [0.3, 0.4) is 0 Å². The number of nitrogens with two attached hydrogens (primary N) is 1. The van der Waals surface area contributed by atoms with Crippen molar-refractivity contribution in [2.24, 2.45) is 5.73 Å². The number of rotatable bonds is 2. The molecule has 2 aromatic carbocycles. The van der Waals surface area contributed by atoms with Crippen molar-refractivity contribution in [1.29, 1.82) is 0 Å². The van der Waals surface area contributed by atoms with Crippen LogP contribution in [0.5, 0.6) is 0 Å². The fourth-order valence-electron chi connectivity index (χ4n) is 2.58. The monoisotopic (exact) mass is 304 g/mol. The summed E-state index contributed by atoms with van der Waals surface area (Å²) in [4.78, 5) is 13.3. The number of likely N-dealkylation sites (N-methyl/N-ethyl adjacent to an activating group) is 1. The second kappa shape index (κ2) is 5.13. The van der Waals surface area contributed by atoms with Gasteiger partial charge in [-0.2, -0.15) is 0 Å². The van der Waals surface area contributed by atoms with E-state index in [1.165, 1.54) is 12.1 Å². The zero-order chi connectivity index (χ0) is 15.1. The third-order valence-electron chi connectivity index (χ3n) is 3.84. The summed E-state index contributed by atoms with van der Waals surface area (Å²) in [6.07, 6.45) is 0.376. The molecule has 0 radical (unpaired) electrons. The first-order valence-electron chi connectivity index (χ1n) is 6.57. The van der Waals surface area contributed by atoms with Gasteiger partial charge >= 0.3 is 0 Å². The van der Waals surface area contributed by atoms with E-state index < -0.39 is 11.9 Å². The number of nitrogens with zero attached hydrogens (tertiary/aromatic N) is 1. The first kappa shape index (κ1) is 14.0. The summed E-state index contributed by atoms with van der Waals surface area (Å²) >= 11 is 5.68. The quantitative estimate of drug-likeness (QED) is 0.927. The lowest BCUT2D eigenvalue weighted by Gasteiger charge is -2.15. The van der Waals surface area contributed by atoms with E-state index in [2.05, 4.69) is 0 Å². The van der Waals surface area contributed by atoms with Gasteiger partial charge in [0.05, 0.1) is 17.5 Å². The molecule has 0 aromatic heterocycles. The smallest absolute Gasteiger partial charge is 0.231 e. The molecule has 2 aromatic rings. The first-order chi connectivity index (χ1) is 9.97. The molecule has 1 atom stereocenters. The summed E-state index contributed by atoms with van der Waals surface area (Å²) < 4.78 is 13.5. The molecule has 1 heterocycles. The second-order valence-corrected chi connectivity index (χ2v) is 5.58. The van der Waals surface area contributed by atoms with E-state index in [9.17, 15) is 9.18 Å². The number of hydrogen-bond acceptors (Lipinski definition) is 2. The number of benzene rings is 2. The van der Waals surface area contributed by atoms with E-state index in [0.29, 0.717) is 12.0 Å². The Morgan fingerprint density at radius 3 is 2.62 bits per heavy atom. The average molecular weight is 305 g/mol. The van der Waals surface area contributed by atoms with E-state index >= 15 is 0 Å². The maximum absolute atomic E-state index is 13.5. The summed E-state index contributed by atoms with van der Waals surface area (Å²) in [5.41, 5.74) is 9.53. The predicted molar refractivity (Wildman–Crippen MR) is 81.0 cm³/mol. The zero-order valence-electron chi connectivity index (χ0n) is 11.4. The lowest BCUT2D eigenvalue weighted by atomic mass is 9.97. The highest BCUT2D eigenvalue weighted by atomic mass is 35.5. The molecule has 2 N–H and O–H groups in total. The molecule has 0 bridgehead atoms. The van der Waals surface area contributed by atoms with Crippen molar-refractivity contribution in [3.05, 3.63) is 63.9 Å². The van der Waals surface area contributed by atoms with Gasteiger partial charge in [-0.3, -0.25) is 4.79 Å². The van der Waals surface area contributed by atoms with Crippen LogP contribution in [0.2, 0.25) is 5.02 Å². The van der Waals surface area contributed by atoms with Gasteiger partial charge in [-0.1, -0.05) is 29.8 Å². The minimum atomic E-state index is -0.485. The lowest BCUT2D eigenvalue weighted by Crippen LogP contribution is -2.20. The van der Waals surface area contributed by atoms with Crippen LogP contribution in [0.4, 0.5) is 10.1 Å². The minimum absolute atomic E-state index is 0.0632. The van der Waals surface area contributed by atoms with E-state index in [1.54, 1.807) is 18.0 Å². The highest BCUT2D eigenvalue weighted by Gasteiger charge is 2.24. The van der Waals surface area contributed by atoms with Crippen LogP contribution in [0, 0.1) is 5.82 Å². The number of fused-ring (bicyclic) bond motifs is 1. The van der Waals surface area contributed by atoms with Crippen LogP contribution >= 0.6 is 11.6 Å². The second-order valence-electron chi connectivity index (χ2n) is 5.17. The SMILES string of the molecule is CN1C(=O)Cc2cc(C(N)c3ccc(Cl)c(F)c3)ccc21. The van der Waals surface area contributed by atoms with Crippen molar-refractivity contribution < 1.29 is 9.18 Å². The predicted octanol–water partition coefficient (Wildman–Crippen LogP) is 3.05. The molecule has 0 aliphatic carbocycles. The van der Waals surface area contributed by atoms with Gasteiger partial charge in [-0.15, -0.1) is 0 Å². The van der Waals surface area contributed by atoms with Gasteiger partial charge in [0.25, 0.3) is 0 Å². The molecule has 1 aliphatic rings. The summed E-state index contributed by atoms with van der Waals surface area (Å²) in [5.74, 6) is -0.422. The standard InChI is InChI=1S/C16H14ClFN2O/c1-20-14-5-3-9(6-11(14)8-15(20)21)16(19)10-2-4-12(17)13(18)7-10/h2-7,16H,8,19H2,1H3. The highest BCUT2D eigenvalue weighted by molar-refractivity contribution is 6.30. The van der Waals surface area contributed by atoms with Crippen molar-refractivity contribution in [3.63, 3.8) is 0 Å². The normalized spacial score (nSPS) is 15.2. The van der Waals surface area contributed by atoms with Gasteiger partial charge in [-0.25, -0.2) is 4.39 Å². The number of amides is 1. The first-order valence-corrected chi connectivity index (χ1v) is 6.95. The van der Waals surface area contributed by atoms with Crippen LogP contribution in [0.1, 0.15) is 22.7 Å². The molecular weight excluding hydrogens is 291 g/mol. The fourth-order valence-corrected chi connectivity index (χ4v) is 2.70. The van der Waals surface area contributed by atoms with Crippen LogP contribution in [-0.4, -0.2) is 13.0 Å². The molecule has 1 unspecified atom stereocenters. The summed E-state index contributed by atoms with van der Waals surface area (Å²) in [6, 6.07) is 9.75. The van der Waals surface area contributed by atoms with Crippen LogP contribution in [0.15, 0.2) is 36.4 Å². The van der Waals surface area contributed by atoms with Crippen molar-refractivity contribution in [1.82, 2.24) is 0 Å². The molecule has 5 heteroatoms. The molecule has 108 valence electrons. The van der Waals surface area contributed by atoms with Crippen molar-refractivity contribution >= 4 is 23.2 Å². The Labute approximate surface area is 127 Å². The van der Waals surface area contributed by atoms with E-state index in [4.69, 9.17) is 17.3 Å². The van der Waals surface area contributed by atoms with Gasteiger partial charge in [0.2, 0.25) is 5.91 Å². The number of carbonyl (C=O) groups is 1. The van der Waals surface area contributed by atoms with Gasteiger partial charge in [-0.05, 0) is 34.9 Å². The Hall–Kier alpha value is -1.91. The van der Waals surface area contributed by atoms with E-state index in [-0.39, 0.29) is 10.9 Å². The summed E-state index contributed by atoms with van der Waals surface area (Å²) in [7, 11) is 1.75. The highest BCUT2D eigenvalue weighted by Crippen LogP contribution is 2.31. The Morgan fingerprint density at radius 1 is 1.24 bits per heavy atom. The number of carbonyl (C=O) groups excluding carboxylic acids is 1. The molecule has 3 rings (SSSR count). The average Bonchev–Trinajstić information content (AvgIpc) is 2.76. The molecule has 1 aliphatic heterocycles. The van der Waals surface area contributed by atoms with Gasteiger partial charge in [0, 0.05) is 12.7 Å². The zero-order valence-corrected chi connectivity index (χ0v) is 12.2. The summed E-state index contributed by atoms with van der Waals surface area (Å²) in [5, 5.41) is 0.0760. The molecule has 0 saturated heterocycles. The molecular formula is C16H14ClFN2O. The molecule has 0 saturated carbocycles. The number of anilines is 1. The molecule has 3 nitrogen and oxygen atoms in total. The number of hydrogen-bond donors (Lipinski definition) is 1. The van der Waals surface area contributed by atoms with Crippen molar-refractivity contribution in [2.75, 3.05) is 11.9 Å². The topological polar surface area (TPSA) is 46.3 Å². The van der Waals surface area contributed by atoms with Crippen molar-refractivity contribution in [2.45, 2.75) is 12.5 Å². The third kappa shape index (κ3) is 2.41. The fraction of sp³-hybridized carbons (Fsp3) is 0.188. The van der Waals surface area contributed by atoms with E-state index in [1.807, 2.05) is 18.2 Å². The van der Waals surface area contributed by atoms with Gasteiger partial charge < -0.3 is 10.6 Å². The largest absolute Gasteiger partial charge is 0.320 e. The summed E-state index contributed by atoms with van der Waals surface area (Å²) in [6.45, 7) is 0. The third-order valence-corrected chi connectivity index (χ3v) is 4.15.